The van der Waals surface area contributed by atoms with Gasteiger partial charge < -0.3 is 30.6 Å². The quantitative estimate of drug-likeness (QED) is 0.181. The maximum Gasteiger partial charge on any atom is 0.344 e. The van der Waals surface area contributed by atoms with Gasteiger partial charge in [0.25, 0.3) is 0 Å². The molecular weight excluding hydrogens is 463 g/mol. The van der Waals surface area contributed by atoms with Gasteiger partial charge in [-0.2, -0.15) is 0 Å². The highest BCUT2D eigenvalue weighted by molar-refractivity contribution is 6.58. The molecule has 1 aliphatic heterocycles. The van der Waals surface area contributed by atoms with Gasteiger partial charge in [-0.05, 0) is 32.2 Å². The molecule has 2 radical (unpaired) electrons. The number of amides is 3. The zero-order valence-corrected chi connectivity index (χ0v) is 21.0. The number of piperidine rings is 1. The standard InChI is InChI=1S/C24H33BN6O5/c1-16(2)20(29-19(33)8-6-4-5-7-17-13-27-23(36)28-14-17)21(34)30-24(9-11-31(3)12-10-24)22(35)26-15-18(25)32/h13-14,16,20H,4,6,8-12,15H2,1-3H3,(H,26,35)(H,29,33)(H,30,34)(H,27,28,36)/t20-/m0/s1. The van der Waals surface area contributed by atoms with Gasteiger partial charge in [0.1, 0.15) is 11.6 Å². The third-order valence-electron chi connectivity index (χ3n) is 5.94. The minimum atomic E-state index is -1.19. The van der Waals surface area contributed by atoms with Crippen LogP contribution in [0.3, 0.4) is 0 Å². The minimum Gasteiger partial charge on any atom is -0.348 e. The number of hydrogen-bond acceptors (Lipinski definition) is 7. The molecule has 11 nitrogen and oxygen atoms in total. The van der Waals surface area contributed by atoms with Gasteiger partial charge in [0.2, 0.25) is 17.7 Å². The molecule has 1 fully saturated rings. The molecule has 3 amide bonds. The van der Waals surface area contributed by atoms with Crippen LogP contribution in [0.2, 0.25) is 0 Å². The van der Waals surface area contributed by atoms with Crippen LogP contribution in [0, 0.1) is 17.8 Å². The normalized spacial score (nSPS) is 15.8. The Balaban J connectivity index is 1.96. The highest BCUT2D eigenvalue weighted by atomic mass is 16.2. The summed E-state index contributed by atoms with van der Waals surface area (Å²) in [5.74, 6) is 4.33. The van der Waals surface area contributed by atoms with Crippen molar-refractivity contribution < 1.29 is 19.2 Å². The fraction of sp³-hybridized carbons (Fsp3) is 0.583. The Hall–Kier alpha value is -3.46. The summed E-state index contributed by atoms with van der Waals surface area (Å²) in [4.78, 5) is 68.8. The average Bonchev–Trinajstić information content (AvgIpc) is 2.83. The Morgan fingerprint density at radius 2 is 1.94 bits per heavy atom. The summed E-state index contributed by atoms with van der Waals surface area (Å²) in [6.07, 6.45) is 4.66. The molecule has 0 unspecified atom stereocenters. The fourth-order valence-corrected chi connectivity index (χ4v) is 3.75. The van der Waals surface area contributed by atoms with Crippen molar-refractivity contribution in [2.45, 2.75) is 57.5 Å². The molecule has 1 atom stereocenters. The zero-order chi connectivity index (χ0) is 26.7. The Kier molecular flexibility index (Phi) is 10.9. The van der Waals surface area contributed by atoms with Crippen LogP contribution in [0.15, 0.2) is 17.2 Å². The molecule has 4 N–H and O–H groups in total. The van der Waals surface area contributed by atoms with E-state index in [1.165, 1.54) is 12.4 Å². The van der Waals surface area contributed by atoms with Gasteiger partial charge in [-0.25, -0.2) is 9.78 Å². The summed E-state index contributed by atoms with van der Waals surface area (Å²) in [6, 6.07) is -0.837. The van der Waals surface area contributed by atoms with Crippen LogP contribution < -0.4 is 21.6 Å². The Labute approximate surface area is 212 Å². The lowest BCUT2D eigenvalue weighted by Gasteiger charge is -2.41. The number of H-pyrrole nitrogens is 1. The number of nitrogens with one attached hydrogen (secondary N) is 4. The molecule has 1 aromatic heterocycles. The SMILES string of the molecule is [B]C(=O)CNC(=O)C1(NC(=O)[C@@H](NC(=O)CCCC#Cc2cnc(=O)[nH]c2)C(C)C)CCN(C)CC1. The van der Waals surface area contributed by atoms with Gasteiger partial charge in [0.15, 0.2) is 7.85 Å². The first-order valence-corrected chi connectivity index (χ1v) is 11.9. The first-order valence-electron chi connectivity index (χ1n) is 11.9. The van der Waals surface area contributed by atoms with Gasteiger partial charge in [0.05, 0.1) is 17.8 Å². The van der Waals surface area contributed by atoms with Gasteiger partial charge in [-0.15, -0.1) is 0 Å². The van der Waals surface area contributed by atoms with Crippen molar-refractivity contribution in [3.8, 4) is 11.8 Å². The number of likely N-dealkylation sites (tertiary alicyclic amines) is 1. The van der Waals surface area contributed by atoms with Gasteiger partial charge >= 0.3 is 5.69 Å². The first-order chi connectivity index (χ1) is 17.0. The molecular formula is C24H33BN6O5. The maximum atomic E-state index is 13.2. The van der Waals surface area contributed by atoms with E-state index in [1.54, 1.807) is 0 Å². The largest absolute Gasteiger partial charge is 0.348 e. The number of hydrogen-bond donors (Lipinski definition) is 4. The fourth-order valence-electron chi connectivity index (χ4n) is 3.75. The van der Waals surface area contributed by atoms with E-state index in [0.29, 0.717) is 44.3 Å². The summed E-state index contributed by atoms with van der Waals surface area (Å²) < 4.78 is 0. The summed E-state index contributed by atoms with van der Waals surface area (Å²) in [5, 5.41) is 8.14. The van der Waals surface area contributed by atoms with Crippen LogP contribution in [-0.2, 0) is 19.2 Å². The number of aromatic amines is 1. The number of unbranched alkanes of at least 4 members (excludes halogenated alkanes) is 1. The van der Waals surface area contributed by atoms with E-state index in [1.807, 2.05) is 25.8 Å². The molecule has 1 aromatic rings. The predicted octanol–water partition coefficient (Wildman–Crippen LogP) is -1.18. The summed E-state index contributed by atoms with van der Waals surface area (Å²) in [5.41, 5.74) is -1.75. The number of rotatable bonds is 10. The smallest absolute Gasteiger partial charge is 0.344 e. The predicted molar refractivity (Wildman–Crippen MR) is 134 cm³/mol. The lowest BCUT2D eigenvalue weighted by Crippen LogP contribution is -2.66. The molecule has 0 saturated carbocycles. The Morgan fingerprint density at radius 3 is 2.53 bits per heavy atom. The average molecular weight is 496 g/mol. The second kappa shape index (κ2) is 13.6. The first kappa shape index (κ1) is 28.8. The van der Waals surface area contributed by atoms with E-state index in [9.17, 15) is 24.0 Å². The third-order valence-corrected chi connectivity index (χ3v) is 5.94. The van der Waals surface area contributed by atoms with Crippen LogP contribution in [-0.4, -0.2) is 84.4 Å². The van der Waals surface area contributed by atoms with Crippen molar-refractivity contribution in [2.75, 3.05) is 26.7 Å². The summed E-state index contributed by atoms with van der Waals surface area (Å²) in [7, 11) is 7.08. The highest BCUT2D eigenvalue weighted by Gasteiger charge is 2.43. The minimum absolute atomic E-state index is 0.171. The van der Waals surface area contributed by atoms with E-state index in [4.69, 9.17) is 7.85 Å². The van der Waals surface area contributed by atoms with Gasteiger partial charge in [-0.3, -0.25) is 14.4 Å². The lowest BCUT2D eigenvalue weighted by atomic mass is 9.85. The molecule has 36 heavy (non-hydrogen) atoms. The van der Waals surface area contributed by atoms with Crippen LogP contribution in [0.1, 0.15) is 51.5 Å². The van der Waals surface area contributed by atoms with E-state index < -0.39 is 34.8 Å². The van der Waals surface area contributed by atoms with Crippen molar-refractivity contribution in [3.05, 3.63) is 28.4 Å². The number of aromatic nitrogens is 2. The van der Waals surface area contributed by atoms with Crippen LogP contribution in [0.25, 0.3) is 0 Å². The topological polar surface area (TPSA) is 153 Å². The van der Waals surface area contributed by atoms with Crippen LogP contribution in [0.4, 0.5) is 0 Å². The van der Waals surface area contributed by atoms with Crippen molar-refractivity contribution >= 4 is 31.3 Å². The summed E-state index contributed by atoms with van der Waals surface area (Å²) in [6.45, 7) is 4.46. The zero-order valence-electron chi connectivity index (χ0n) is 21.0. The third kappa shape index (κ3) is 8.96. The molecule has 0 aromatic carbocycles. The molecule has 2 rings (SSSR count). The van der Waals surface area contributed by atoms with Crippen LogP contribution >= 0.6 is 0 Å². The number of carbonyl (C=O) groups is 4. The second-order valence-electron chi connectivity index (χ2n) is 9.28. The molecule has 12 heteroatoms. The molecule has 0 bridgehead atoms. The monoisotopic (exact) mass is 496 g/mol. The number of carbonyl (C=O) groups excluding carboxylic acids is 4. The molecule has 0 aliphatic carbocycles. The molecule has 0 spiro atoms. The van der Waals surface area contributed by atoms with Crippen LogP contribution in [0.5, 0.6) is 0 Å². The molecule has 192 valence electrons. The van der Waals surface area contributed by atoms with E-state index in [0.717, 1.165) is 0 Å². The molecule has 1 aliphatic rings. The lowest BCUT2D eigenvalue weighted by molar-refractivity contribution is -0.138. The molecule has 1 saturated heterocycles. The van der Waals surface area contributed by atoms with E-state index in [-0.39, 0.29) is 24.8 Å². The van der Waals surface area contributed by atoms with Gasteiger partial charge in [-0.1, -0.05) is 25.7 Å². The van der Waals surface area contributed by atoms with Crippen molar-refractivity contribution in [1.29, 1.82) is 0 Å². The van der Waals surface area contributed by atoms with E-state index >= 15 is 0 Å². The molecule has 2 heterocycles. The maximum absolute atomic E-state index is 13.2. The van der Waals surface area contributed by atoms with Crippen molar-refractivity contribution in [3.63, 3.8) is 0 Å². The van der Waals surface area contributed by atoms with Crippen molar-refractivity contribution in [1.82, 2.24) is 30.8 Å². The Morgan fingerprint density at radius 1 is 1.25 bits per heavy atom. The highest BCUT2D eigenvalue weighted by Crippen LogP contribution is 2.23. The second-order valence-corrected chi connectivity index (χ2v) is 9.28. The van der Waals surface area contributed by atoms with E-state index in [2.05, 4.69) is 37.8 Å². The number of nitrogens with zero attached hydrogens (tertiary/aromatic N) is 2. The summed E-state index contributed by atoms with van der Waals surface area (Å²) >= 11 is 0. The van der Waals surface area contributed by atoms with Crippen molar-refractivity contribution in [2.24, 2.45) is 5.92 Å². The Bertz CT molecular complexity index is 1050. The van der Waals surface area contributed by atoms with Gasteiger partial charge in [0, 0.05) is 38.3 Å².